The number of hydrogen-bond donors (Lipinski definition) is 2. The molecule has 1 rings (SSSR count). The molecule has 0 fully saturated rings. The molecule has 0 saturated carbocycles. The van der Waals surface area contributed by atoms with Crippen LogP contribution in [0, 0.1) is 0 Å². The highest BCUT2D eigenvalue weighted by atomic mass is 79.9. The third-order valence-electron chi connectivity index (χ3n) is 1.54. The number of aliphatic carboxylic acids is 1. The Bertz CT molecular complexity index is 471. The van der Waals surface area contributed by atoms with E-state index in [-0.39, 0.29) is 4.90 Å². The molecule has 0 amide bonds. The van der Waals surface area contributed by atoms with E-state index in [0.717, 1.165) is 0 Å². The summed E-state index contributed by atoms with van der Waals surface area (Å²) in [5.74, 6) is -1.23. The number of nitrogens with one attached hydrogen (secondary N) is 1. The van der Waals surface area contributed by atoms with Gasteiger partial charge in [-0.25, -0.2) is 8.42 Å². The van der Waals surface area contributed by atoms with Gasteiger partial charge in [-0.3, -0.25) is 4.79 Å². The number of halogens is 1. The second kappa shape index (κ2) is 4.73. The molecule has 82 valence electrons. The Hall–Kier alpha value is -0.920. The van der Waals surface area contributed by atoms with Crippen molar-refractivity contribution in [2.24, 2.45) is 0 Å². The highest BCUT2D eigenvalue weighted by molar-refractivity contribution is 9.10. The van der Waals surface area contributed by atoms with Gasteiger partial charge >= 0.3 is 5.97 Å². The van der Waals surface area contributed by atoms with Gasteiger partial charge < -0.3 is 5.11 Å². The van der Waals surface area contributed by atoms with Gasteiger partial charge in [0.25, 0.3) is 0 Å². The van der Waals surface area contributed by atoms with Crippen LogP contribution in [0.25, 0.3) is 0 Å². The van der Waals surface area contributed by atoms with Crippen molar-refractivity contribution in [3.8, 4) is 0 Å². The van der Waals surface area contributed by atoms with E-state index in [0.29, 0.717) is 4.47 Å². The minimum atomic E-state index is -3.76. The van der Waals surface area contributed by atoms with Crippen LogP contribution in [0.5, 0.6) is 0 Å². The molecular weight excluding hydrogens is 286 g/mol. The van der Waals surface area contributed by atoms with Gasteiger partial charge in [0.05, 0.1) is 4.90 Å². The summed E-state index contributed by atoms with van der Waals surface area (Å²) in [6, 6.07) is 6.17. The molecule has 0 aromatic heterocycles. The average molecular weight is 294 g/mol. The molecule has 0 bridgehead atoms. The quantitative estimate of drug-likeness (QED) is 0.861. The number of carboxylic acids is 1. The largest absolute Gasteiger partial charge is 0.480 e. The summed E-state index contributed by atoms with van der Waals surface area (Å²) in [6.45, 7) is -0.635. The molecule has 0 aliphatic heterocycles. The topological polar surface area (TPSA) is 83.5 Å². The smallest absolute Gasteiger partial charge is 0.318 e. The van der Waals surface area contributed by atoms with Crippen molar-refractivity contribution in [3.63, 3.8) is 0 Å². The number of benzene rings is 1. The molecule has 0 aliphatic rings. The summed E-state index contributed by atoms with van der Waals surface area (Å²) < 4.78 is 25.5. The molecule has 1 aromatic rings. The van der Waals surface area contributed by atoms with Gasteiger partial charge in [-0.05, 0) is 28.1 Å². The molecule has 0 spiro atoms. The highest BCUT2D eigenvalue weighted by Gasteiger charge is 2.17. The van der Waals surface area contributed by atoms with E-state index < -0.39 is 22.5 Å². The van der Waals surface area contributed by atoms with Crippen LogP contribution in [0.15, 0.2) is 33.6 Å². The Kier molecular flexibility index (Phi) is 3.83. The van der Waals surface area contributed by atoms with E-state index in [9.17, 15) is 13.2 Å². The molecular formula is C8H8BrNO4S. The van der Waals surface area contributed by atoms with Crippen molar-refractivity contribution in [1.82, 2.24) is 4.72 Å². The maximum atomic E-state index is 11.6. The zero-order chi connectivity index (χ0) is 11.5. The zero-order valence-electron chi connectivity index (χ0n) is 7.47. The van der Waals surface area contributed by atoms with Crippen molar-refractivity contribution in [2.45, 2.75) is 4.90 Å². The van der Waals surface area contributed by atoms with Crippen LogP contribution < -0.4 is 4.72 Å². The lowest BCUT2D eigenvalue weighted by Crippen LogP contribution is -2.29. The van der Waals surface area contributed by atoms with Crippen LogP contribution in [0.3, 0.4) is 0 Å². The van der Waals surface area contributed by atoms with Crippen LogP contribution in [-0.4, -0.2) is 26.0 Å². The number of rotatable bonds is 4. The fraction of sp³-hybridized carbons (Fsp3) is 0.125. The molecule has 15 heavy (non-hydrogen) atoms. The van der Waals surface area contributed by atoms with Crippen molar-refractivity contribution in [1.29, 1.82) is 0 Å². The van der Waals surface area contributed by atoms with Gasteiger partial charge in [0.15, 0.2) is 0 Å². The first-order valence-electron chi connectivity index (χ1n) is 3.89. The molecule has 0 radical (unpaired) electrons. The molecule has 0 unspecified atom stereocenters. The van der Waals surface area contributed by atoms with E-state index in [1.54, 1.807) is 18.2 Å². The normalized spacial score (nSPS) is 11.3. The Morgan fingerprint density at radius 2 is 2.00 bits per heavy atom. The van der Waals surface area contributed by atoms with Gasteiger partial charge in [0.1, 0.15) is 6.54 Å². The lowest BCUT2D eigenvalue weighted by atomic mass is 10.4. The molecule has 0 saturated heterocycles. The van der Waals surface area contributed by atoms with Crippen molar-refractivity contribution in [3.05, 3.63) is 28.7 Å². The summed E-state index contributed by atoms with van der Waals surface area (Å²) in [7, 11) is -3.76. The number of sulfonamides is 1. The Labute approximate surface area is 95.3 Å². The zero-order valence-corrected chi connectivity index (χ0v) is 9.88. The van der Waals surface area contributed by atoms with Gasteiger partial charge in [0.2, 0.25) is 10.0 Å². The highest BCUT2D eigenvalue weighted by Crippen LogP contribution is 2.20. The first kappa shape index (κ1) is 12.2. The first-order chi connectivity index (χ1) is 6.93. The number of carboxylic acid groups (broad SMARTS) is 1. The molecule has 0 aliphatic carbocycles. The van der Waals surface area contributed by atoms with Crippen LogP contribution in [0.2, 0.25) is 0 Å². The van der Waals surface area contributed by atoms with Crippen LogP contribution in [-0.2, 0) is 14.8 Å². The lowest BCUT2D eigenvalue weighted by Gasteiger charge is -2.05. The van der Waals surface area contributed by atoms with E-state index in [2.05, 4.69) is 15.9 Å². The number of hydrogen-bond acceptors (Lipinski definition) is 3. The number of carbonyl (C=O) groups is 1. The molecule has 7 heteroatoms. The molecule has 1 aromatic carbocycles. The van der Waals surface area contributed by atoms with Gasteiger partial charge in [-0.1, -0.05) is 12.1 Å². The predicted octanol–water partition coefficient (Wildman–Crippen LogP) is 0.812. The van der Waals surface area contributed by atoms with Crippen molar-refractivity contribution in [2.75, 3.05) is 6.54 Å². The van der Waals surface area contributed by atoms with Crippen molar-refractivity contribution >= 4 is 31.9 Å². The summed E-state index contributed by atoms with van der Waals surface area (Å²) in [5.41, 5.74) is 0. The van der Waals surface area contributed by atoms with Gasteiger partial charge in [-0.2, -0.15) is 4.72 Å². The Balaban J connectivity index is 2.97. The fourth-order valence-corrected chi connectivity index (χ4v) is 2.87. The monoisotopic (exact) mass is 293 g/mol. The third-order valence-corrected chi connectivity index (χ3v) is 3.95. The van der Waals surface area contributed by atoms with E-state index in [4.69, 9.17) is 5.11 Å². The Morgan fingerprint density at radius 1 is 1.40 bits per heavy atom. The first-order valence-corrected chi connectivity index (χ1v) is 6.17. The predicted molar refractivity (Wildman–Crippen MR) is 57.0 cm³/mol. The summed E-state index contributed by atoms with van der Waals surface area (Å²) >= 11 is 3.07. The molecule has 2 N–H and O–H groups in total. The van der Waals surface area contributed by atoms with E-state index >= 15 is 0 Å². The third kappa shape index (κ3) is 3.29. The maximum absolute atomic E-state index is 11.6. The van der Waals surface area contributed by atoms with E-state index in [1.165, 1.54) is 6.07 Å². The minimum Gasteiger partial charge on any atom is -0.480 e. The van der Waals surface area contributed by atoms with Crippen LogP contribution >= 0.6 is 15.9 Å². The summed E-state index contributed by atoms with van der Waals surface area (Å²) in [5, 5.41) is 8.35. The summed E-state index contributed by atoms with van der Waals surface area (Å²) in [6.07, 6.45) is 0. The van der Waals surface area contributed by atoms with Crippen LogP contribution in [0.4, 0.5) is 0 Å². The van der Waals surface area contributed by atoms with Crippen molar-refractivity contribution < 1.29 is 18.3 Å². The SMILES string of the molecule is O=C(O)CNS(=O)(=O)c1ccccc1Br. The van der Waals surface area contributed by atoms with E-state index in [1.807, 2.05) is 4.72 Å². The van der Waals surface area contributed by atoms with Crippen LogP contribution in [0.1, 0.15) is 0 Å². The second-order valence-corrected chi connectivity index (χ2v) is 5.24. The maximum Gasteiger partial charge on any atom is 0.318 e. The molecule has 0 heterocycles. The molecule has 5 nitrogen and oxygen atoms in total. The standard InChI is InChI=1S/C8H8BrNO4S/c9-6-3-1-2-4-7(6)15(13,14)10-5-8(11)12/h1-4,10H,5H2,(H,11,12). The molecule has 0 atom stereocenters. The summed E-state index contributed by atoms with van der Waals surface area (Å²) in [4.78, 5) is 10.2. The van der Waals surface area contributed by atoms with Gasteiger partial charge in [0, 0.05) is 4.47 Å². The second-order valence-electron chi connectivity index (χ2n) is 2.65. The lowest BCUT2D eigenvalue weighted by molar-refractivity contribution is -0.135. The fourth-order valence-electron chi connectivity index (χ4n) is 0.897. The Morgan fingerprint density at radius 3 is 2.53 bits per heavy atom. The minimum absolute atomic E-state index is 0.0197. The van der Waals surface area contributed by atoms with Gasteiger partial charge in [-0.15, -0.1) is 0 Å². The average Bonchev–Trinajstić information content (AvgIpc) is 2.15.